The third kappa shape index (κ3) is 5.55. The van der Waals surface area contributed by atoms with Gasteiger partial charge in [-0.2, -0.15) is 0 Å². The lowest BCUT2D eigenvalue weighted by atomic mass is 10.0. The van der Waals surface area contributed by atoms with Gasteiger partial charge in [0.05, 0.1) is 12.4 Å². The summed E-state index contributed by atoms with van der Waals surface area (Å²) < 4.78 is 17.5. The molecule has 1 unspecified atom stereocenters. The molecule has 0 N–H and O–H groups in total. The first-order chi connectivity index (χ1) is 7.18. The van der Waals surface area contributed by atoms with Crippen molar-refractivity contribution in [2.75, 3.05) is 6.61 Å². The van der Waals surface area contributed by atoms with Gasteiger partial charge in [0.2, 0.25) is 0 Å². The normalized spacial score (nSPS) is 20.1. The van der Waals surface area contributed by atoms with Crippen molar-refractivity contribution in [3.63, 3.8) is 0 Å². The largest absolute Gasteiger partial charge is 0.466 e. The smallest absolute Gasteiger partial charge is 0.302 e. The number of unbranched alkanes of at least 4 members (excludes halogenated alkanes) is 2. The molecule has 2 nitrogen and oxygen atoms in total. The van der Waals surface area contributed by atoms with Crippen molar-refractivity contribution in [2.24, 2.45) is 5.92 Å². The van der Waals surface area contributed by atoms with E-state index in [0.29, 0.717) is 18.9 Å². The minimum atomic E-state index is -0.212. The average molecular weight is 214 g/mol. The molecule has 0 heterocycles. The highest BCUT2D eigenvalue weighted by Crippen LogP contribution is 2.28. The van der Waals surface area contributed by atoms with Crippen LogP contribution in [-0.2, 0) is 9.53 Å². The quantitative estimate of drug-likeness (QED) is 0.500. The Morgan fingerprint density at radius 3 is 2.93 bits per heavy atom. The Balaban J connectivity index is 1.91. The van der Waals surface area contributed by atoms with Crippen molar-refractivity contribution in [1.82, 2.24) is 0 Å². The van der Waals surface area contributed by atoms with Gasteiger partial charge in [-0.3, -0.25) is 4.79 Å². The second-order valence-corrected chi connectivity index (χ2v) is 4.10. The predicted molar refractivity (Wildman–Crippen MR) is 57.0 cm³/mol. The lowest BCUT2D eigenvalue weighted by Gasteiger charge is -2.06. The highest BCUT2D eigenvalue weighted by Gasteiger charge is 2.14. The fraction of sp³-hybridized carbons (Fsp3) is 0.750. The van der Waals surface area contributed by atoms with Gasteiger partial charge < -0.3 is 4.74 Å². The Morgan fingerprint density at radius 2 is 2.33 bits per heavy atom. The van der Waals surface area contributed by atoms with Crippen molar-refractivity contribution in [3.05, 3.63) is 11.9 Å². The summed E-state index contributed by atoms with van der Waals surface area (Å²) in [7, 11) is 0. The van der Waals surface area contributed by atoms with Crippen molar-refractivity contribution in [1.29, 1.82) is 0 Å². The monoisotopic (exact) mass is 214 g/mol. The van der Waals surface area contributed by atoms with Gasteiger partial charge in [0, 0.05) is 6.92 Å². The maximum absolute atomic E-state index is 12.7. The molecule has 86 valence electrons. The van der Waals surface area contributed by atoms with E-state index in [4.69, 9.17) is 4.74 Å². The molecule has 0 bridgehead atoms. The number of rotatable bonds is 6. The number of carbonyl (C=O) groups is 1. The molecule has 15 heavy (non-hydrogen) atoms. The van der Waals surface area contributed by atoms with E-state index >= 15 is 0 Å². The van der Waals surface area contributed by atoms with Gasteiger partial charge in [0.1, 0.15) is 0 Å². The highest BCUT2D eigenvalue weighted by molar-refractivity contribution is 5.65. The molecular weight excluding hydrogens is 195 g/mol. The van der Waals surface area contributed by atoms with Gasteiger partial charge in [0.15, 0.2) is 0 Å². The van der Waals surface area contributed by atoms with E-state index in [1.807, 2.05) is 0 Å². The van der Waals surface area contributed by atoms with E-state index in [-0.39, 0.29) is 11.8 Å². The topological polar surface area (TPSA) is 26.3 Å². The van der Waals surface area contributed by atoms with Crippen LogP contribution in [0.1, 0.15) is 45.4 Å². The van der Waals surface area contributed by atoms with Crippen LogP contribution >= 0.6 is 0 Å². The van der Waals surface area contributed by atoms with Crippen LogP contribution in [0.4, 0.5) is 4.39 Å². The van der Waals surface area contributed by atoms with Crippen molar-refractivity contribution in [2.45, 2.75) is 45.4 Å². The van der Waals surface area contributed by atoms with Gasteiger partial charge in [0.25, 0.3) is 0 Å². The number of esters is 1. The maximum atomic E-state index is 12.7. The number of hydrogen-bond acceptors (Lipinski definition) is 2. The van der Waals surface area contributed by atoms with Crippen molar-refractivity contribution in [3.8, 4) is 0 Å². The van der Waals surface area contributed by atoms with Crippen LogP contribution in [0.25, 0.3) is 0 Å². The molecule has 0 radical (unpaired) electrons. The summed E-state index contributed by atoms with van der Waals surface area (Å²) in [4.78, 5) is 10.5. The molecule has 0 saturated heterocycles. The van der Waals surface area contributed by atoms with Crippen LogP contribution in [0.15, 0.2) is 11.9 Å². The zero-order valence-electron chi connectivity index (χ0n) is 9.30. The maximum Gasteiger partial charge on any atom is 0.302 e. The number of carbonyl (C=O) groups excluding carboxylic acids is 1. The summed E-state index contributed by atoms with van der Waals surface area (Å²) in [5.74, 6) is 0.287. The Kier molecular flexibility index (Phi) is 5.37. The molecule has 0 fully saturated rings. The van der Waals surface area contributed by atoms with E-state index in [2.05, 4.69) is 0 Å². The zero-order chi connectivity index (χ0) is 11.1. The van der Waals surface area contributed by atoms with Gasteiger partial charge in [-0.15, -0.1) is 0 Å². The molecule has 0 amide bonds. The van der Waals surface area contributed by atoms with Crippen LogP contribution in [0.3, 0.4) is 0 Å². The summed E-state index contributed by atoms with van der Waals surface area (Å²) in [6, 6.07) is 0. The van der Waals surface area contributed by atoms with Gasteiger partial charge in [-0.25, -0.2) is 4.39 Å². The summed E-state index contributed by atoms with van der Waals surface area (Å²) in [5, 5.41) is 0. The standard InChI is InChI=1S/C12H19FO2/c1-10(14)15-8-4-2-3-5-11-6-7-12(13)9-11/h9,11H,2-8H2,1H3. The second kappa shape index (κ2) is 6.59. The number of allylic oxidation sites excluding steroid dienone is 2. The van der Waals surface area contributed by atoms with Gasteiger partial charge in [-0.1, -0.05) is 12.8 Å². The average Bonchev–Trinajstić information content (AvgIpc) is 2.57. The van der Waals surface area contributed by atoms with Crippen LogP contribution in [0.2, 0.25) is 0 Å². The van der Waals surface area contributed by atoms with Crippen LogP contribution < -0.4 is 0 Å². The third-order valence-electron chi connectivity index (χ3n) is 2.70. The summed E-state index contributed by atoms with van der Waals surface area (Å²) in [6.45, 7) is 1.94. The van der Waals surface area contributed by atoms with E-state index in [9.17, 15) is 9.18 Å². The molecular formula is C12H19FO2. The predicted octanol–water partition coefficient (Wildman–Crippen LogP) is 3.37. The molecule has 1 aliphatic carbocycles. The van der Waals surface area contributed by atoms with E-state index in [1.54, 1.807) is 6.08 Å². The van der Waals surface area contributed by atoms with Crippen LogP contribution in [0.5, 0.6) is 0 Å². The molecule has 1 atom stereocenters. The fourth-order valence-corrected chi connectivity index (χ4v) is 1.87. The van der Waals surface area contributed by atoms with Crippen molar-refractivity contribution < 1.29 is 13.9 Å². The molecule has 0 aromatic carbocycles. The Hall–Kier alpha value is -0.860. The summed E-state index contributed by atoms with van der Waals surface area (Å²) in [6.07, 6.45) is 7.47. The molecule has 1 aliphatic rings. The molecule has 0 aliphatic heterocycles. The number of hydrogen-bond donors (Lipinski definition) is 0. The van der Waals surface area contributed by atoms with Crippen LogP contribution in [-0.4, -0.2) is 12.6 Å². The first-order valence-electron chi connectivity index (χ1n) is 5.68. The van der Waals surface area contributed by atoms with Crippen LogP contribution in [0, 0.1) is 5.92 Å². The minimum Gasteiger partial charge on any atom is -0.466 e. The molecule has 1 rings (SSSR count). The SMILES string of the molecule is CC(=O)OCCCCCC1C=C(F)CC1. The van der Waals surface area contributed by atoms with E-state index < -0.39 is 0 Å². The molecule has 0 aromatic rings. The molecule has 0 saturated carbocycles. The fourth-order valence-electron chi connectivity index (χ4n) is 1.87. The summed E-state index contributed by atoms with van der Waals surface area (Å²) >= 11 is 0. The Bertz CT molecular complexity index is 236. The highest BCUT2D eigenvalue weighted by atomic mass is 19.1. The Morgan fingerprint density at radius 1 is 1.53 bits per heavy atom. The zero-order valence-corrected chi connectivity index (χ0v) is 9.30. The van der Waals surface area contributed by atoms with E-state index in [0.717, 1.165) is 32.1 Å². The minimum absolute atomic E-state index is 0.0555. The van der Waals surface area contributed by atoms with E-state index in [1.165, 1.54) is 6.92 Å². The Labute approximate surface area is 90.5 Å². The lowest BCUT2D eigenvalue weighted by Crippen LogP contribution is -2.00. The summed E-state index contributed by atoms with van der Waals surface area (Å²) in [5.41, 5.74) is 0. The van der Waals surface area contributed by atoms with Crippen molar-refractivity contribution >= 4 is 5.97 Å². The molecule has 0 aromatic heterocycles. The first kappa shape index (κ1) is 12.2. The number of ether oxygens (including phenoxy) is 1. The molecule has 0 spiro atoms. The second-order valence-electron chi connectivity index (χ2n) is 4.10. The van der Waals surface area contributed by atoms with Gasteiger partial charge >= 0.3 is 5.97 Å². The first-order valence-corrected chi connectivity index (χ1v) is 5.68. The lowest BCUT2D eigenvalue weighted by molar-refractivity contribution is -0.141. The molecule has 3 heteroatoms. The number of halogens is 1. The third-order valence-corrected chi connectivity index (χ3v) is 2.70. The van der Waals surface area contributed by atoms with Gasteiger partial charge in [-0.05, 0) is 37.7 Å².